The Bertz CT molecular complexity index is 318. The van der Waals surface area contributed by atoms with Crippen molar-refractivity contribution in [2.24, 2.45) is 11.3 Å². The van der Waals surface area contributed by atoms with E-state index in [1.165, 1.54) is 0 Å². The van der Waals surface area contributed by atoms with Crippen LogP contribution < -0.4 is 5.32 Å². The van der Waals surface area contributed by atoms with Crippen molar-refractivity contribution in [1.29, 1.82) is 0 Å². The zero-order chi connectivity index (χ0) is 13.1. The van der Waals surface area contributed by atoms with E-state index >= 15 is 0 Å². The Morgan fingerprint density at radius 2 is 2.06 bits per heavy atom. The average Bonchev–Trinajstić information content (AvgIpc) is 2.26. The molecule has 0 saturated carbocycles. The number of hydrogen-bond donors (Lipinski definition) is 1. The molecular weight excluding hydrogens is 234 g/mol. The Morgan fingerprint density at radius 3 is 2.53 bits per heavy atom. The SMILES string of the molecule is CCCCC(C)C1(CC)C(=O)CC(=S)NC1=O. The van der Waals surface area contributed by atoms with Crippen LogP contribution in [0.3, 0.4) is 0 Å². The molecule has 1 N–H and O–H groups in total. The molecule has 0 aromatic heterocycles. The van der Waals surface area contributed by atoms with Crippen LogP contribution in [0.5, 0.6) is 0 Å². The molecule has 1 aliphatic heterocycles. The predicted molar refractivity (Wildman–Crippen MR) is 71.8 cm³/mol. The van der Waals surface area contributed by atoms with E-state index < -0.39 is 5.41 Å². The molecule has 3 nitrogen and oxygen atoms in total. The summed E-state index contributed by atoms with van der Waals surface area (Å²) in [6, 6.07) is 0. The minimum Gasteiger partial charge on any atom is -0.319 e. The number of carbonyl (C=O) groups excluding carboxylic acids is 2. The fourth-order valence-corrected chi connectivity index (χ4v) is 2.90. The van der Waals surface area contributed by atoms with Gasteiger partial charge in [0.05, 0.1) is 11.4 Å². The standard InChI is InChI=1S/C13H21NO2S/c1-4-6-7-9(3)13(5-2)10(15)8-11(17)14-12(13)16/h9H,4-8H2,1-3H3,(H,14,16,17). The molecule has 2 atom stereocenters. The van der Waals surface area contributed by atoms with Crippen LogP contribution in [0.15, 0.2) is 0 Å². The van der Waals surface area contributed by atoms with E-state index in [9.17, 15) is 9.59 Å². The maximum atomic E-state index is 12.2. The summed E-state index contributed by atoms with van der Waals surface area (Å²) < 4.78 is 0. The topological polar surface area (TPSA) is 46.2 Å². The number of Topliss-reactive ketones (excluding diaryl/α,β-unsaturated/α-hetero) is 1. The molecule has 0 aliphatic carbocycles. The smallest absolute Gasteiger partial charge is 0.238 e. The molecule has 2 unspecified atom stereocenters. The number of rotatable bonds is 5. The van der Waals surface area contributed by atoms with Gasteiger partial charge in [-0.25, -0.2) is 0 Å². The van der Waals surface area contributed by atoms with Crippen molar-refractivity contribution in [2.75, 3.05) is 0 Å². The maximum Gasteiger partial charge on any atom is 0.238 e. The summed E-state index contributed by atoms with van der Waals surface area (Å²) in [6.45, 7) is 6.03. The highest BCUT2D eigenvalue weighted by molar-refractivity contribution is 7.80. The van der Waals surface area contributed by atoms with Crippen LogP contribution in [0.25, 0.3) is 0 Å². The molecule has 0 radical (unpaired) electrons. The Morgan fingerprint density at radius 1 is 1.41 bits per heavy atom. The Labute approximate surface area is 108 Å². The van der Waals surface area contributed by atoms with E-state index in [1.54, 1.807) is 0 Å². The van der Waals surface area contributed by atoms with Gasteiger partial charge in [0.2, 0.25) is 5.91 Å². The van der Waals surface area contributed by atoms with Crippen LogP contribution in [0.4, 0.5) is 0 Å². The minimum atomic E-state index is -0.850. The Hall–Kier alpha value is -0.770. The van der Waals surface area contributed by atoms with Crippen molar-refractivity contribution in [3.8, 4) is 0 Å². The van der Waals surface area contributed by atoms with Crippen LogP contribution in [0, 0.1) is 11.3 Å². The largest absolute Gasteiger partial charge is 0.319 e. The molecule has 0 aromatic carbocycles. The van der Waals surface area contributed by atoms with E-state index in [2.05, 4.69) is 12.2 Å². The van der Waals surface area contributed by atoms with Gasteiger partial charge in [-0.1, -0.05) is 45.8 Å². The first-order valence-electron chi connectivity index (χ1n) is 6.36. The lowest BCUT2D eigenvalue weighted by atomic mass is 9.66. The number of nitrogens with one attached hydrogen (secondary N) is 1. The van der Waals surface area contributed by atoms with Crippen molar-refractivity contribution in [2.45, 2.75) is 52.9 Å². The normalized spacial score (nSPS) is 26.9. The summed E-state index contributed by atoms with van der Waals surface area (Å²) in [5, 5.41) is 2.68. The van der Waals surface area contributed by atoms with E-state index in [0.29, 0.717) is 11.4 Å². The highest BCUT2D eigenvalue weighted by atomic mass is 32.1. The minimum absolute atomic E-state index is 0.00245. The second-order valence-corrected chi connectivity index (χ2v) is 5.34. The number of thiocarbonyl (C=S) groups is 1. The van der Waals surface area contributed by atoms with Crippen molar-refractivity contribution in [1.82, 2.24) is 5.32 Å². The predicted octanol–water partition coefficient (Wildman–Crippen LogP) is 2.63. The summed E-state index contributed by atoms with van der Waals surface area (Å²) in [7, 11) is 0. The fraction of sp³-hybridized carbons (Fsp3) is 0.769. The summed E-state index contributed by atoms with van der Waals surface area (Å²) in [5.41, 5.74) is -0.850. The van der Waals surface area contributed by atoms with E-state index in [-0.39, 0.29) is 24.0 Å². The molecule has 1 heterocycles. The van der Waals surface area contributed by atoms with Gasteiger partial charge < -0.3 is 5.32 Å². The first-order chi connectivity index (χ1) is 7.98. The number of ketones is 1. The van der Waals surface area contributed by atoms with Gasteiger partial charge in [0.15, 0.2) is 5.78 Å². The number of unbranched alkanes of at least 4 members (excludes halogenated alkanes) is 1. The number of piperidine rings is 1. The highest BCUT2D eigenvalue weighted by Gasteiger charge is 2.50. The van der Waals surface area contributed by atoms with Gasteiger partial charge in [0.1, 0.15) is 5.41 Å². The molecule has 17 heavy (non-hydrogen) atoms. The molecule has 0 aromatic rings. The number of carbonyl (C=O) groups is 2. The number of amides is 1. The molecule has 1 rings (SSSR count). The molecule has 0 spiro atoms. The lowest BCUT2D eigenvalue weighted by Gasteiger charge is -2.38. The van der Waals surface area contributed by atoms with Gasteiger partial charge in [0.25, 0.3) is 0 Å². The Kier molecular flexibility index (Phi) is 4.80. The van der Waals surface area contributed by atoms with Crippen molar-refractivity contribution in [3.63, 3.8) is 0 Å². The summed E-state index contributed by atoms with van der Waals surface area (Å²) in [6.07, 6.45) is 3.82. The van der Waals surface area contributed by atoms with E-state index in [0.717, 1.165) is 19.3 Å². The average molecular weight is 255 g/mol. The van der Waals surface area contributed by atoms with Crippen LogP contribution in [0.1, 0.15) is 52.9 Å². The number of hydrogen-bond acceptors (Lipinski definition) is 3. The highest BCUT2D eigenvalue weighted by Crippen LogP contribution is 2.39. The molecule has 0 bridgehead atoms. The second-order valence-electron chi connectivity index (χ2n) is 4.85. The maximum absolute atomic E-state index is 12.2. The van der Waals surface area contributed by atoms with Crippen molar-refractivity contribution < 1.29 is 9.59 Å². The molecule has 1 amide bonds. The summed E-state index contributed by atoms with van der Waals surface area (Å²) in [5.74, 6) is -0.106. The lowest BCUT2D eigenvalue weighted by molar-refractivity contribution is -0.146. The van der Waals surface area contributed by atoms with Gasteiger partial charge in [0, 0.05) is 0 Å². The quantitative estimate of drug-likeness (QED) is 0.607. The van der Waals surface area contributed by atoms with Gasteiger partial charge in [-0.15, -0.1) is 0 Å². The zero-order valence-electron chi connectivity index (χ0n) is 10.8. The lowest BCUT2D eigenvalue weighted by Crippen LogP contribution is -2.56. The van der Waals surface area contributed by atoms with E-state index in [1.807, 2.05) is 13.8 Å². The zero-order valence-corrected chi connectivity index (χ0v) is 11.7. The second kappa shape index (κ2) is 5.71. The van der Waals surface area contributed by atoms with Gasteiger partial charge >= 0.3 is 0 Å². The van der Waals surface area contributed by atoms with Crippen molar-refractivity contribution >= 4 is 28.9 Å². The summed E-state index contributed by atoms with van der Waals surface area (Å²) in [4.78, 5) is 24.7. The van der Waals surface area contributed by atoms with Crippen LogP contribution in [0.2, 0.25) is 0 Å². The first kappa shape index (κ1) is 14.3. The third-order valence-electron chi connectivity index (χ3n) is 3.87. The van der Waals surface area contributed by atoms with Crippen LogP contribution in [-0.4, -0.2) is 16.7 Å². The first-order valence-corrected chi connectivity index (χ1v) is 6.77. The Balaban J connectivity index is 2.96. The molecule has 1 fully saturated rings. The van der Waals surface area contributed by atoms with E-state index in [4.69, 9.17) is 12.2 Å². The fourth-order valence-electron chi connectivity index (χ4n) is 2.67. The van der Waals surface area contributed by atoms with Gasteiger partial charge in [-0.05, 0) is 18.8 Å². The van der Waals surface area contributed by atoms with Gasteiger partial charge in [-0.2, -0.15) is 0 Å². The molecule has 4 heteroatoms. The molecular formula is C13H21NO2S. The van der Waals surface area contributed by atoms with Crippen molar-refractivity contribution in [3.05, 3.63) is 0 Å². The third-order valence-corrected chi connectivity index (χ3v) is 4.11. The monoisotopic (exact) mass is 255 g/mol. The van der Waals surface area contributed by atoms with Crippen LogP contribution >= 0.6 is 12.2 Å². The molecule has 1 aliphatic rings. The molecule has 96 valence electrons. The molecule has 1 saturated heterocycles. The van der Waals surface area contributed by atoms with Crippen LogP contribution in [-0.2, 0) is 9.59 Å². The summed E-state index contributed by atoms with van der Waals surface area (Å²) >= 11 is 4.93. The van der Waals surface area contributed by atoms with Gasteiger partial charge in [-0.3, -0.25) is 9.59 Å². The third kappa shape index (κ3) is 2.57.